The Hall–Kier alpha value is -1.49. The zero-order valence-electron chi connectivity index (χ0n) is 12.2. The quantitative estimate of drug-likeness (QED) is 0.905. The van der Waals surface area contributed by atoms with Crippen LogP contribution in [-0.2, 0) is 11.3 Å². The maximum Gasteiger partial charge on any atom is 0.309 e. The molecule has 21 heavy (non-hydrogen) atoms. The normalized spacial score (nSPS) is 18.6. The predicted molar refractivity (Wildman–Crippen MR) is 75.8 cm³/mol. The molecule has 5 heteroatoms. The van der Waals surface area contributed by atoms with Crippen molar-refractivity contribution >= 4 is 5.97 Å². The summed E-state index contributed by atoms with van der Waals surface area (Å²) in [5.41, 5.74) is -0.602. The van der Waals surface area contributed by atoms with Crippen molar-refractivity contribution in [3.05, 3.63) is 35.4 Å². The molecule has 0 atom stereocenters. The molecule has 1 aliphatic rings. The Morgan fingerprint density at radius 3 is 2.33 bits per heavy atom. The van der Waals surface area contributed by atoms with Gasteiger partial charge < -0.3 is 5.11 Å². The van der Waals surface area contributed by atoms with Gasteiger partial charge >= 0.3 is 5.97 Å². The molecule has 1 aliphatic heterocycles. The van der Waals surface area contributed by atoms with Crippen LogP contribution in [0, 0.1) is 17.0 Å². The first-order valence-corrected chi connectivity index (χ1v) is 7.37. The molecule has 0 saturated carbocycles. The molecule has 1 aromatic rings. The van der Waals surface area contributed by atoms with E-state index in [1.54, 1.807) is 0 Å². The van der Waals surface area contributed by atoms with E-state index in [0.717, 1.165) is 6.42 Å². The Morgan fingerprint density at radius 2 is 1.86 bits per heavy atom. The summed E-state index contributed by atoms with van der Waals surface area (Å²) in [6.07, 6.45) is 2.55. The summed E-state index contributed by atoms with van der Waals surface area (Å²) >= 11 is 0. The van der Waals surface area contributed by atoms with Crippen LogP contribution in [0.2, 0.25) is 0 Å². The Kier molecular flexibility index (Phi) is 4.93. The molecule has 0 spiro atoms. The molecule has 1 saturated heterocycles. The van der Waals surface area contributed by atoms with Crippen LogP contribution in [0.15, 0.2) is 18.2 Å². The Bertz CT molecular complexity index is 491. The van der Waals surface area contributed by atoms with Gasteiger partial charge in [-0.05, 0) is 44.5 Å². The van der Waals surface area contributed by atoms with Crippen molar-refractivity contribution in [1.29, 1.82) is 0 Å². The summed E-state index contributed by atoms with van der Waals surface area (Å²) in [5.74, 6) is -1.83. The topological polar surface area (TPSA) is 40.5 Å². The molecule has 0 unspecified atom stereocenters. The van der Waals surface area contributed by atoms with E-state index in [9.17, 15) is 18.7 Å². The van der Waals surface area contributed by atoms with E-state index in [1.807, 2.05) is 11.8 Å². The van der Waals surface area contributed by atoms with Gasteiger partial charge in [0.15, 0.2) is 0 Å². The van der Waals surface area contributed by atoms with Gasteiger partial charge in [-0.3, -0.25) is 9.69 Å². The lowest BCUT2D eigenvalue weighted by Crippen LogP contribution is -2.44. The second-order valence-corrected chi connectivity index (χ2v) is 5.81. The van der Waals surface area contributed by atoms with E-state index in [2.05, 4.69) is 0 Å². The number of aliphatic carboxylic acids is 1. The summed E-state index contributed by atoms with van der Waals surface area (Å²) in [4.78, 5) is 13.4. The van der Waals surface area contributed by atoms with Crippen molar-refractivity contribution in [3.63, 3.8) is 0 Å². The van der Waals surface area contributed by atoms with E-state index in [1.165, 1.54) is 18.2 Å². The van der Waals surface area contributed by atoms with Crippen molar-refractivity contribution in [2.24, 2.45) is 5.41 Å². The highest BCUT2D eigenvalue weighted by Crippen LogP contribution is 2.37. The number of carboxylic acid groups (broad SMARTS) is 1. The molecule has 0 amide bonds. The SMILES string of the molecule is CCCC1(C(=O)O)CCN(Cc2c(F)cccc2F)CC1. The number of piperidine rings is 1. The lowest BCUT2D eigenvalue weighted by molar-refractivity contribution is -0.152. The Labute approximate surface area is 123 Å². The maximum absolute atomic E-state index is 13.6. The minimum atomic E-state index is -0.749. The molecule has 1 heterocycles. The van der Waals surface area contributed by atoms with Gasteiger partial charge in [0.1, 0.15) is 11.6 Å². The number of likely N-dealkylation sites (tertiary alicyclic amines) is 1. The van der Waals surface area contributed by atoms with Crippen LogP contribution < -0.4 is 0 Å². The van der Waals surface area contributed by atoms with Gasteiger partial charge in [0.05, 0.1) is 5.41 Å². The highest BCUT2D eigenvalue weighted by atomic mass is 19.1. The van der Waals surface area contributed by atoms with E-state index in [0.29, 0.717) is 32.4 Å². The maximum atomic E-state index is 13.6. The average molecular weight is 297 g/mol. The van der Waals surface area contributed by atoms with Crippen molar-refractivity contribution in [1.82, 2.24) is 4.90 Å². The molecular formula is C16H21F2NO2. The zero-order valence-corrected chi connectivity index (χ0v) is 12.2. The van der Waals surface area contributed by atoms with Crippen LogP contribution in [0.25, 0.3) is 0 Å². The molecule has 0 aromatic heterocycles. The van der Waals surface area contributed by atoms with Crippen molar-refractivity contribution < 1.29 is 18.7 Å². The van der Waals surface area contributed by atoms with Crippen molar-refractivity contribution in [2.45, 2.75) is 39.2 Å². The van der Waals surface area contributed by atoms with Crippen LogP contribution in [0.5, 0.6) is 0 Å². The van der Waals surface area contributed by atoms with Gasteiger partial charge in [-0.25, -0.2) is 8.78 Å². The molecule has 0 radical (unpaired) electrons. The van der Waals surface area contributed by atoms with E-state index >= 15 is 0 Å². The number of hydrogen-bond donors (Lipinski definition) is 1. The molecule has 1 aromatic carbocycles. The summed E-state index contributed by atoms with van der Waals surface area (Å²) in [7, 11) is 0. The molecule has 0 bridgehead atoms. The average Bonchev–Trinajstić information content (AvgIpc) is 2.45. The van der Waals surface area contributed by atoms with Gasteiger partial charge in [0.25, 0.3) is 0 Å². The molecule has 1 fully saturated rings. The largest absolute Gasteiger partial charge is 0.481 e. The second kappa shape index (κ2) is 6.52. The number of benzene rings is 1. The highest BCUT2D eigenvalue weighted by Gasteiger charge is 2.40. The third kappa shape index (κ3) is 3.40. The second-order valence-electron chi connectivity index (χ2n) is 5.81. The van der Waals surface area contributed by atoms with Crippen LogP contribution in [0.1, 0.15) is 38.2 Å². The third-order valence-corrected chi connectivity index (χ3v) is 4.44. The van der Waals surface area contributed by atoms with Crippen molar-refractivity contribution in [2.75, 3.05) is 13.1 Å². The number of nitrogens with zero attached hydrogens (tertiary/aromatic N) is 1. The fraction of sp³-hybridized carbons (Fsp3) is 0.562. The predicted octanol–water partition coefficient (Wildman–Crippen LogP) is 3.43. The number of halogens is 2. The lowest BCUT2D eigenvalue weighted by atomic mass is 9.75. The Balaban J connectivity index is 2.03. The monoisotopic (exact) mass is 297 g/mol. The lowest BCUT2D eigenvalue weighted by Gasteiger charge is -2.38. The first-order valence-electron chi connectivity index (χ1n) is 7.37. The van der Waals surface area contributed by atoms with Crippen LogP contribution in [0.3, 0.4) is 0 Å². The van der Waals surface area contributed by atoms with Crippen LogP contribution in [0.4, 0.5) is 8.78 Å². The fourth-order valence-electron chi connectivity index (χ4n) is 3.10. The first-order chi connectivity index (χ1) is 9.98. The molecule has 0 aliphatic carbocycles. The van der Waals surface area contributed by atoms with Gasteiger partial charge in [-0.15, -0.1) is 0 Å². The Morgan fingerprint density at radius 1 is 1.29 bits per heavy atom. The minimum Gasteiger partial charge on any atom is -0.481 e. The van der Waals surface area contributed by atoms with E-state index < -0.39 is 23.0 Å². The molecular weight excluding hydrogens is 276 g/mol. The van der Waals surface area contributed by atoms with Gasteiger partial charge in [0.2, 0.25) is 0 Å². The number of rotatable bonds is 5. The van der Waals surface area contributed by atoms with Crippen molar-refractivity contribution in [3.8, 4) is 0 Å². The van der Waals surface area contributed by atoms with Crippen LogP contribution in [-0.4, -0.2) is 29.1 Å². The summed E-state index contributed by atoms with van der Waals surface area (Å²) < 4.78 is 27.3. The summed E-state index contributed by atoms with van der Waals surface area (Å²) in [6.45, 7) is 3.28. The van der Waals surface area contributed by atoms with E-state index in [-0.39, 0.29) is 12.1 Å². The molecule has 2 rings (SSSR count). The number of carbonyl (C=O) groups is 1. The van der Waals surface area contributed by atoms with Crippen LogP contribution >= 0.6 is 0 Å². The number of hydrogen-bond acceptors (Lipinski definition) is 2. The van der Waals surface area contributed by atoms with Gasteiger partial charge in [-0.1, -0.05) is 19.4 Å². The zero-order chi connectivity index (χ0) is 15.5. The summed E-state index contributed by atoms with van der Waals surface area (Å²) in [5, 5.41) is 9.45. The van der Waals surface area contributed by atoms with E-state index in [4.69, 9.17) is 0 Å². The highest BCUT2D eigenvalue weighted by molar-refractivity contribution is 5.74. The van der Waals surface area contributed by atoms with Gasteiger partial charge in [0, 0.05) is 12.1 Å². The number of carboxylic acids is 1. The smallest absolute Gasteiger partial charge is 0.309 e. The minimum absolute atomic E-state index is 0.0656. The van der Waals surface area contributed by atoms with Gasteiger partial charge in [-0.2, -0.15) is 0 Å². The molecule has 1 N–H and O–H groups in total. The summed E-state index contributed by atoms with van der Waals surface area (Å²) in [6, 6.07) is 3.85. The fourth-order valence-corrected chi connectivity index (χ4v) is 3.10. The third-order valence-electron chi connectivity index (χ3n) is 4.44. The molecule has 3 nitrogen and oxygen atoms in total. The first kappa shape index (κ1) is 15.9. The standard InChI is InChI=1S/C16H21F2NO2/c1-2-6-16(15(20)21)7-9-19(10-8-16)11-12-13(17)4-3-5-14(12)18/h3-5H,2,6-11H2,1H3,(H,20,21). The molecule has 116 valence electrons.